The van der Waals surface area contributed by atoms with E-state index >= 15 is 0 Å². The summed E-state index contributed by atoms with van der Waals surface area (Å²) in [4.78, 5) is 9.59. The highest BCUT2D eigenvalue weighted by Crippen LogP contribution is 2.34. The summed E-state index contributed by atoms with van der Waals surface area (Å²) < 4.78 is 0. The van der Waals surface area contributed by atoms with Crippen molar-refractivity contribution in [2.75, 3.05) is 11.1 Å². The van der Waals surface area contributed by atoms with Gasteiger partial charge in [0.1, 0.15) is 10.6 Å². The summed E-state index contributed by atoms with van der Waals surface area (Å²) in [6.45, 7) is 2.28. The van der Waals surface area contributed by atoms with Gasteiger partial charge in [-0.15, -0.1) is 11.3 Å². The molecule has 0 aromatic carbocycles. The fourth-order valence-corrected chi connectivity index (χ4v) is 3.48. The van der Waals surface area contributed by atoms with E-state index in [0.29, 0.717) is 5.95 Å². The van der Waals surface area contributed by atoms with Crippen molar-refractivity contribution >= 4 is 33.3 Å². The molecule has 3 N–H and O–H groups in total. The monoisotopic (exact) mass is 262 g/mol. The van der Waals surface area contributed by atoms with Gasteiger partial charge in [0, 0.05) is 5.54 Å². The molecular weight excluding hydrogens is 244 g/mol. The van der Waals surface area contributed by atoms with Crippen LogP contribution in [-0.2, 0) is 0 Å². The number of anilines is 2. The highest BCUT2D eigenvalue weighted by molar-refractivity contribution is 7.16. The number of thiophene rings is 1. The van der Waals surface area contributed by atoms with Crippen molar-refractivity contribution < 1.29 is 0 Å². The zero-order valence-electron chi connectivity index (χ0n) is 10.6. The SMILES string of the molecule is CC1(Nc2nc(N)nc3sccc23)CCCCC1. The number of nitrogens with one attached hydrogen (secondary N) is 1. The first-order chi connectivity index (χ1) is 8.66. The fraction of sp³-hybridized carbons (Fsp3) is 0.538. The highest BCUT2D eigenvalue weighted by atomic mass is 32.1. The van der Waals surface area contributed by atoms with Crippen LogP contribution in [0.15, 0.2) is 11.4 Å². The topological polar surface area (TPSA) is 63.8 Å². The third-order valence-electron chi connectivity index (χ3n) is 3.72. The molecule has 3 rings (SSSR count). The van der Waals surface area contributed by atoms with Crippen molar-refractivity contribution in [1.29, 1.82) is 0 Å². The lowest BCUT2D eigenvalue weighted by Gasteiger charge is -2.35. The van der Waals surface area contributed by atoms with Crippen LogP contribution < -0.4 is 11.1 Å². The average molecular weight is 262 g/mol. The van der Waals surface area contributed by atoms with E-state index < -0.39 is 0 Å². The largest absolute Gasteiger partial charge is 0.368 e. The van der Waals surface area contributed by atoms with Crippen molar-refractivity contribution in [3.05, 3.63) is 11.4 Å². The molecule has 1 fully saturated rings. The summed E-state index contributed by atoms with van der Waals surface area (Å²) in [6, 6.07) is 2.06. The second-order valence-electron chi connectivity index (χ2n) is 5.32. The van der Waals surface area contributed by atoms with Crippen molar-refractivity contribution in [3.63, 3.8) is 0 Å². The summed E-state index contributed by atoms with van der Waals surface area (Å²) in [5, 5.41) is 6.72. The van der Waals surface area contributed by atoms with Crippen LogP contribution in [0.2, 0.25) is 0 Å². The minimum Gasteiger partial charge on any atom is -0.368 e. The van der Waals surface area contributed by atoms with Gasteiger partial charge >= 0.3 is 0 Å². The van der Waals surface area contributed by atoms with Crippen molar-refractivity contribution in [2.45, 2.75) is 44.6 Å². The van der Waals surface area contributed by atoms with Gasteiger partial charge in [0.15, 0.2) is 0 Å². The van der Waals surface area contributed by atoms with Crippen molar-refractivity contribution in [3.8, 4) is 0 Å². The second kappa shape index (κ2) is 4.39. The third-order valence-corrected chi connectivity index (χ3v) is 4.53. The third kappa shape index (κ3) is 2.14. The average Bonchev–Trinajstić information content (AvgIpc) is 2.77. The quantitative estimate of drug-likeness (QED) is 0.870. The first-order valence-electron chi connectivity index (χ1n) is 6.45. The number of nitrogens with two attached hydrogens (primary N) is 1. The van der Waals surface area contributed by atoms with E-state index in [1.165, 1.54) is 32.1 Å². The van der Waals surface area contributed by atoms with Gasteiger partial charge in [0.2, 0.25) is 5.95 Å². The van der Waals surface area contributed by atoms with E-state index in [0.717, 1.165) is 16.0 Å². The lowest BCUT2D eigenvalue weighted by molar-refractivity contribution is 0.349. The van der Waals surface area contributed by atoms with E-state index in [2.05, 4.69) is 28.3 Å². The van der Waals surface area contributed by atoms with Gasteiger partial charge in [0.05, 0.1) is 5.39 Å². The van der Waals surface area contributed by atoms with Crippen molar-refractivity contribution in [1.82, 2.24) is 9.97 Å². The standard InChI is InChI=1S/C13H18N4S/c1-13(6-3-2-4-7-13)17-10-9-5-8-18-11(9)16-12(14)15-10/h5,8H,2-4,6-7H2,1H3,(H3,14,15,16,17). The molecule has 0 saturated heterocycles. The number of hydrogen-bond donors (Lipinski definition) is 2. The van der Waals surface area contributed by atoms with Crippen LogP contribution in [0.25, 0.3) is 10.2 Å². The Morgan fingerprint density at radius 2 is 2.06 bits per heavy atom. The number of fused-ring (bicyclic) bond motifs is 1. The Bertz CT molecular complexity index is 557. The van der Waals surface area contributed by atoms with Gasteiger partial charge in [0.25, 0.3) is 0 Å². The van der Waals surface area contributed by atoms with Crippen LogP contribution in [-0.4, -0.2) is 15.5 Å². The smallest absolute Gasteiger partial charge is 0.223 e. The van der Waals surface area contributed by atoms with Gasteiger partial charge in [-0.1, -0.05) is 19.3 Å². The summed E-state index contributed by atoms with van der Waals surface area (Å²) in [6.07, 6.45) is 6.32. The summed E-state index contributed by atoms with van der Waals surface area (Å²) in [5.74, 6) is 1.25. The second-order valence-corrected chi connectivity index (χ2v) is 6.21. The van der Waals surface area contributed by atoms with Crippen LogP contribution in [0.5, 0.6) is 0 Å². The molecule has 2 aromatic rings. The van der Waals surface area contributed by atoms with E-state index in [1.807, 2.05) is 5.38 Å². The molecule has 0 bridgehead atoms. The van der Waals surface area contributed by atoms with Gasteiger partial charge in [-0.3, -0.25) is 0 Å². The predicted molar refractivity (Wildman–Crippen MR) is 76.9 cm³/mol. The molecule has 1 aliphatic rings. The first-order valence-corrected chi connectivity index (χ1v) is 7.33. The van der Waals surface area contributed by atoms with Crippen LogP contribution in [0.3, 0.4) is 0 Å². The molecular formula is C13H18N4S. The molecule has 0 atom stereocenters. The number of nitrogens with zero attached hydrogens (tertiary/aromatic N) is 2. The molecule has 5 heteroatoms. The molecule has 0 amide bonds. The minimum atomic E-state index is 0.147. The molecule has 0 unspecified atom stereocenters. The predicted octanol–water partition coefficient (Wildman–Crippen LogP) is 3.41. The van der Waals surface area contributed by atoms with Crippen molar-refractivity contribution in [2.24, 2.45) is 0 Å². The Balaban J connectivity index is 1.96. The Kier molecular flexibility index (Phi) is 2.86. The maximum absolute atomic E-state index is 5.78. The molecule has 2 heterocycles. The molecule has 0 spiro atoms. The molecule has 0 radical (unpaired) electrons. The molecule has 4 nitrogen and oxygen atoms in total. The normalized spacial score (nSPS) is 18.9. The summed E-state index contributed by atoms with van der Waals surface area (Å²) >= 11 is 1.61. The van der Waals surface area contributed by atoms with Crippen LogP contribution in [0.1, 0.15) is 39.0 Å². The highest BCUT2D eigenvalue weighted by Gasteiger charge is 2.27. The summed E-state index contributed by atoms with van der Waals surface area (Å²) in [7, 11) is 0. The molecule has 18 heavy (non-hydrogen) atoms. The van der Waals surface area contributed by atoms with Crippen LogP contribution in [0, 0.1) is 0 Å². The van der Waals surface area contributed by atoms with E-state index in [-0.39, 0.29) is 5.54 Å². The van der Waals surface area contributed by atoms with E-state index in [9.17, 15) is 0 Å². The first kappa shape index (κ1) is 11.7. The fourth-order valence-electron chi connectivity index (χ4n) is 2.71. The minimum absolute atomic E-state index is 0.147. The van der Waals surface area contributed by atoms with Crippen LogP contribution in [0.4, 0.5) is 11.8 Å². The molecule has 96 valence electrons. The molecule has 2 aromatic heterocycles. The molecule has 0 aliphatic heterocycles. The van der Waals surface area contributed by atoms with Gasteiger partial charge in [-0.2, -0.15) is 4.98 Å². The number of hydrogen-bond acceptors (Lipinski definition) is 5. The zero-order chi connectivity index (χ0) is 12.6. The van der Waals surface area contributed by atoms with Crippen LogP contribution >= 0.6 is 11.3 Å². The lowest BCUT2D eigenvalue weighted by atomic mass is 9.83. The van der Waals surface area contributed by atoms with Gasteiger partial charge in [-0.25, -0.2) is 4.98 Å². The van der Waals surface area contributed by atoms with E-state index in [4.69, 9.17) is 5.73 Å². The summed E-state index contributed by atoms with van der Waals surface area (Å²) in [5.41, 5.74) is 5.92. The lowest BCUT2D eigenvalue weighted by Crippen LogP contribution is -2.37. The number of aromatic nitrogens is 2. The molecule has 1 aliphatic carbocycles. The molecule has 1 saturated carbocycles. The van der Waals surface area contributed by atoms with Gasteiger partial charge < -0.3 is 11.1 Å². The Labute approximate surface area is 111 Å². The Hall–Kier alpha value is -1.36. The number of nitrogen functional groups attached to an aromatic ring is 1. The van der Waals surface area contributed by atoms with E-state index in [1.54, 1.807) is 11.3 Å². The Morgan fingerprint density at radius 1 is 1.28 bits per heavy atom. The van der Waals surface area contributed by atoms with Gasteiger partial charge in [-0.05, 0) is 31.2 Å². The number of rotatable bonds is 2. The Morgan fingerprint density at radius 3 is 2.83 bits per heavy atom. The zero-order valence-corrected chi connectivity index (χ0v) is 11.4. The maximum Gasteiger partial charge on any atom is 0.223 e. The maximum atomic E-state index is 5.78.